The highest BCUT2D eigenvalue weighted by Crippen LogP contribution is 2.24. The summed E-state index contributed by atoms with van der Waals surface area (Å²) in [5.41, 5.74) is 1.63. The van der Waals surface area contributed by atoms with Gasteiger partial charge in [0.2, 0.25) is 5.91 Å². The number of benzene rings is 3. The van der Waals surface area contributed by atoms with Crippen molar-refractivity contribution in [1.82, 2.24) is 4.57 Å². The van der Waals surface area contributed by atoms with Gasteiger partial charge in [0.1, 0.15) is 11.5 Å². The van der Waals surface area contributed by atoms with Gasteiger partial charge in [-0.25, -0.2) is 0 Å². The molecule has 6 nitrogen and oxygen atoms in total. The molecule has 0 saturated heterocycles. The van der Waals surface area contributed by atoms with Crippen LogP contribution in [-0.2, 0) is 17.8 Å². The second-order valence-corrected chi connectivity index (χ2v) is 7.78. The molecule has 0 aliphatic rings. The van der Waals surface area contributed by atoms with Crippen LogP contribution in [0, 0.1) is 0 Å². The van der Waals surface area contributed by atoms with Gasteiger partial charge in [-0.05, 0) is 53.6 Å². The van der Waals surface area contributed by atoms with Gasteiger partial charge in [0.25, 0.3) is 5.56 Å². The van der Waals surface area contributed by atoms with Crippen LogP contribution in [0.3, 0.4) is 0 Å². The van der Waals surface area contributed by atoms with Gasteiger partial charge in [0.15, 0.2) is 0 Å². The minimum atomic E-state index is -4.77. The number of fused-ring (bicyclic) bond motifs is 1. The molecule has 9 heteroatoms. The van der Waals surface area contributed by atoms with Crippen LogP contribution < -0.4 is 20.3 Å². The van der Waals surface area contributed by atoms with Crippen LogP contribution >= 0.6 is 0 Å². The number of carbonyl (C=O) groups excluding carboxylic acids is 1. The quantitative estimate of drug-likeness (QED) is 0.396. The minimum Gasteiger partial charge on any atom is -0.497 e. The molecule has 35 heavy (non-hydrogen) atoms. The molecule has 4 aromatic rings. The fourth-order valence-corrected chi connectivity index (χ4v) is 3.71. The SMILES string of the molecule is COc1cccc(CC(=O)Nc2cccc3c(=O)n(Cc4ccc(OC(F)(F)F)cc4)ccc23)c1. The number of nitrogens with one attached hydrogen (secondary N) is 1. The van der Waals surface area contributed by atoms with E-state index in [2.05, 4.69) is 10.1 Å². The Morgan fingerprint density at radius 3 is 2.37 bits per heavy atom. The molecule has 1 N–H and O–H groups in total. The lowest BCUT2D eigenvalue weighted by Gasteiger charge is -2.12. The van der Waals surface area contributed by atoms with Crippen molar-refractivity contribution in [2.45, 2.75) is 19.3 Å². The third kappa shape index (κ3) is 6.00. The van der Waals surface area contributed by atoms with Gasteiger partial charge in [-0.2, -0.15) is 0 Å². The first-order chi connectivity index (χ1) is 16.7. The summed E-state index contributed by atoms with van der Waals surface area (Å²) in [5.74, 6) is 0.0843. The Bertz CT molecular complexity index is 1410. The predicted octanol–water partition coefficient (Wildman–Crippen LogP) is 5.14. The molecule has 0 aliphatic heterocycles. The standard InChI is InChI=1S/C26H21F3N2O4/c1-34-20-5-2-4-18(14-20)15-24(32)30-23-7-3-6-22-21(23)12-13-31(25(22)33)16-17-8-10-19(11-9-17)35-26(27,28)29/h2-14H,15-16H2,1H3,(H,30,32). The topological polar surface area (TPSA) is 69.6 Å². The Hall–Kier alpha value is -4.27. The van der Waals surface area contributed by atoms with Crippen molar-refractivity contribution in [3.05, 3.63) is 100 Å². The van der Waals surface area contributed by atoms with Crippen molar-refractivity contribution in [3.63, 3.8) is 0 Å². The number of ether oxygens (including phenoxy) is 2. The first kappa shape index (κ1) is 23.9. The van der Waals surface area contributed by atoms with Gasteiger partial charge in [-0.3, -0.25) is 9.59 Å². The second kappa shape index (κ2) is 9.92. The number of amides is 1. The average molecular weight is 482 g/mol. The molecule has 4 rings (SSSR count). The highest BCUT2D eigenvalue weighted by atomic mass is 19.4. The van der Waals surface area contributed by atoms with Crippen molar-refractivity contribution in [1.29, 1.82) is 0 Å². The maximum atomic E-state index is 13.0. The number of hydrogen-bond donors (Lipinski definition) is 1. The molecule has 0 fully saturated rings. The third-order valence-electron chi connectivity index (χ3n) is 5.30. The summed E-state index contributed by atoms with van der Waals surface area (Å²) in [4.78, 5) is 25.7. The van der Waals surface area contributed by atoms with E-state index >= 15 is 0 Å². The van der Waals surface area contributed by atoms with Crippen LogP contribution in [0.2, 0.25) is 0 Å². The fourth-order valence-electron chi connectivity index (χ4n) is 3.71. The van der Waals surface area contributed by atoms with Crippen LogP contribution in [0.25, 0.3) is 10.8 Å². The maximum absolute atomic E-state index is 13.0. The molecule has 1 aromatic heterocycles. The molecular weight excluding hydrogens is 461 g/mol. The van der Waals surface area contributed by atoms with E-state index in [1.54, 1.807) is 55.8 Å². The molecule has 180 valence electrons. The van der Waals surface area contributed by atoms with Crippen LogP contribution in [0.5, 0.6) is 11.5 Å². The lowest BCUT2D eigenvalue weighted by Crippen LogP contribution is -2.21. The number of alkyl halides is 3. The van der Waals surface area contributed by atoms with Crippen molar-refractivity contribution >= 4 is 22.4 Å². The van der Waals surface area contributed by atoms with Gasteiger partial charge in [-0.15, -0.1) is 13.2 Å². The van der Waals surface area contributed by atoms with Crippen LogP contribution in [0.15, 0.2) is 83.8 Å². The maximum Gasteiger partial charge on any atom is 0.573 e. The molecule has 0 aliphatic carbocycles. The van der Waals surface area contributed by atoms with Gasteiger partial charge in [0, 0.05) is 22.7 Å². The van der Waals surface area contributed by atoms with Gasteiger partial charge < -0.3 is 19.4 Å². The zero-order valence-corrected chi connectivity index (χ0v) is 18.6. The van der Waals surface area contributed by atoms with Gasteiger partial charge in [-0.1, -0.05) is 30.3 Å². The highest BCUT2D eigenvalue weighted by molar-refractivity contribution is 6.02. The molecule has 0 radical (unpaired) electrons. The zero-order chi connectivity index (χ0) is 25.0. The molecule has 1 heterocycles. The molecule has 3 aromatic carbocycles. The number of rotatable bonds is 7. The second-order valence-electron chi connectivity index (χ2n) is 7.78. The number of nitrogens with zero attached hydrogens (tertiary/aromatic N) is 1. The van der Waals surface area contributed by atoms with E-state index in [1.165, 1.54) is 28.8 Å². The van der Waals surface area contributed by atoms with E-state index in [0.717, 1.165) is 5.56 Å². The molecule has 0 atom stereocenters. The van der Waals surface area contributed by atoms with Crippen LogP contribution in [-0.4, -0.2) is 23.9 Å². The number of methoxy groups -OCH3 is 1. The van der Waals surface area contributed by atoms with Crippen molar-refractivity contribution in [2.24, 2.45) is 0 Å². The Kier molecular flexibility index (Phi) is 6.77. The lowest BCUT2D eigenvalue weighted by molar-refractivity contribution is -0.274. The monoisotopic (exact) mass is 482 g/mol. The Morgan fingerprint density at radius 1 is 0.914 bits per heavy atom. The Balaban J connectivity index is 1.52. The fraction of sp³-hybridized carbons (Fsp3) is 0.154. The number of carbonyl (C=O) groups is 1. The minimum absolute atomic E-state index is 0.138. The van der Waals surface area contributed by atoms with E-state index < -0.39 is 6.36 Å². The smallest absolute Gasteiger partial charge is 0.497 e. The van der Waals surface area contributed by atoms with E-state index in [1.807, 2.05) is 6.07 Å². The molecule has 1 amide bonds. The molecule has 0 bridgehead atoms. The summed E-state index contributed by atoms with van der Waals surface area (Å²) < 4.78 is 47.5. The van der Waals surface area contributed by atoms with Gasteiger partial charge >= 0.3 is 6.36 Å². The lowest BCUT2D eigenvalue weighted by atomic mass is 10.1. The number of anilines is 1. The Labute approximate surface area is 198 Å². The summed E-state index contributed by atoms with van der Waals surface area (Å²) >= 11 is 0. The van der Waals surface area contributed by atoms with Crippen molar-refractivity contribution < 1.29 is 27.4 Å². The van der Waals surface area contributed by atoms with Crippen molar-refractivity contribution in [2.75, 3.05) is 12.4 Å². The summed E-state index contributed by atoms with van der Waals surface area (Å²) in [6.45, 7) is 0.160. The largest absolute Gasteiger partial charge is 0.573 e. The highest BCUT2D eigenvalue weighted by Gasteiger charge is 2.30. The van der Waals surface area contributed by atoms with Crippen LogP contribution in [0.1, 0.15) is 11.1 Å². The number of hydrogen-bond acceptors (Lipinski definition) is 4. The molecule has 0 spiro atoms. The van der Waals surface area contributed by atoms with E-state index in [4.69, 9.17) is 4.74 Å². The molecular formula is C26H21F3N2O4. The molecule has 0 saturated carbocycles. The summed E-state index contributed by atoms with van der Waals surface area (Å²) in [7, 11) is 1.56. The number of halogens is 3. The first-order valence-electron chi connectivity index (χ1n) is 10.6. The van der Waals surface area contributed by atoms with Gasteiger partial charge in [0.05, 0.1) is 20.1 Å². The summed E-state index contributed by atoms with van der Waals surface area (Å²) in [6.07, 6.45) is -3.04. The third-order valence-corrected chi connectivity index (χ3v) is 5.30. The summed E-state index contributed by atoms with van der Waals surface area (Å²) in [5, 5.41) is 3.85. The van der Waals surface area contributed by atoms with E-state index in [0.29, 0.717) is 27.8 Å². The summed E-state index contributed by atoms with van der Waals surface area (Å²) in [6, 6.07) is 19.3. The zero-order valence-electron chi connectivity index (χ0n) is 18.6. The Morgan fingerprint density at radius 2 is 1.66 bits per heavy atom. The molecule has 0 unspecified atom stereocenters. The first-order valence-corrected chi connectivity index (χ1v) is 10.6. The number of pyridine rings is 1. The predicted molar refractivity (Wildman–Crippen MR) is 126 cm³/mol. The van der Waals surface area contributed by atoms with Crippen molar-refractivity contribution in [3.8, 4) is 11.5 Å². The number of aromatic nitrogens is 1. The normalized spacial score (nSPS) is 11.3. The van der Waals surface area contributed by atoms with Crippen LogP contribution in [0.4, 0.5) is 18.9 Å². The van der Waals surface area contributed by atoms with E-state index in [-0.39, 0.29) is 30.2 Å². The van der Waals surface area contributed by atoms with E-state index in [9.17, 15) is 22.8 Å². The average Bonchev–Trinajstić information content (AvgIpc) is 2.81.